The monoisotopic (exact) mass is 282 g/mol. The second kappa shape index (κ2) is 5.19. The van der Waals surface area contributed by atoms with Gasteiger partial charge in [0.15, 0.2) is 0 Å². The molecule has 0 aliphatic carbocycles. The molecule has 88 valence electrons. The lowest BCUT2D eigenvalue weighted by molar-refractivity contribution is 0.548. The summed E-state index contributed by atoms with van der Waals surface area (Å²) in [5.41, 5.74) is 1.33. The Hall–Kier alpha value is -0.540. The van der Waals surface area contributed by atoms with Gasteiger partial charge in [0, 0.05) is 35.3 Å². The van der Waals surface area contributed by atoms with E-state index in [-0.39, 0.29) is 0 Å². The number of rotatable bonds is 1. The Morgan fingerprint density at radius 2 is 1.94 bits per heavy atom. The van der Waals surface area contributed by atoms with Gasteiger partial charge in [0.1, 0.15) is 0 Å². The molecule has 1 heterocycles. The van der Waals surface area contributed by atoms with E-state index in [2.05, 4.69) is 64.3 Å². The van der Waals surface area contributed by atoms with Crippen LogP contribution in [0.4, 0.5) is 5.69 Å². The molecule has 2 unspecified atom stereocenters. The van der Waals surface area contributed by atoms with Crippen LogP contribution in [0.2, 0.25) is 0 Å². The summed E-state index contributed by atoms with van der Waals surface area (Å²) in [4.78, 5) is 2.49. The molecule has 1 N–H and O–H groups in total. The molecule has 0 spiro atoms. The topological polar surface area (TPSA) is 15.3 Å². The molecule has 1 saturated heterocycles. The normalized spacial score (nSPS) is 26.6. The maximum absolute atomic E-state index is 3.55. The van der Waals surface area contributed by atoms with Crippen LogP contribution in [0.1, 0.15) is 20.3 Å². The van der Waals surface area contributed by atoms with Crippen LogP contribution in [-0.4, -0.2) is 25.2 Å². The quantitative estimate of drug-likeness (QED) is 0.852. The van der Waals surface area contributed by atoms with Crippen LogP contribution in [0.5, 0.6) is 0 Å². The zero-order valence-electron chi connectivity index (χ0n) is 9.91. The van der Waals surface area contributed by atoms with Crippen molar-refractivity contribution < 1.29 is 0 Å². The first-order valence-corrected chi connectivity index (χ1v) is 6.71. The highest BCUT2D eigenvalue weighted by molar-refractivity contribution is 9.10. The maximum Gasteiger partial charge on any atom is 0.0386 e. The van der Waals surface area contributed by atoms with Gasteiger partial charge in [-0.05, 0) is 44.5 Å². The van der Waals surface area contributed by atoms with E-state index < -0.39 is 0 Å². The van der Waals surface area contributed by atoms with E-state index in [9.17, 15) is 0 Å². The van der Waals surface area contributed by atoms with Gasteiger partial charge >= 0.3 is 0 Å². The lowest BCUT2D eigenvalue weighted by atomic mass is 10.2. The molecule has 2 rings (SSSR count). The molecule has 2 atom stereocenters. The maximum atomic E-state index is 3.55. The first-order chi connectivity index (χ1) is 7.66. The fraction of sp³-hybridized carbons (Fsp3) is 0.538. The highest BCUT2D eigenvalue weighted by Gasteiger charge is 2.19. The number of hydrogen-bond donors (Lipinski definition) is 1. The summed E-state index contributed by atoms with van der Waals surface area (Å²) < 4.78 is 1.14. The standard InChI is InChI=1S/C13H19BrN2/c1-10-7-8-16(11(2)9-15-10)13-5-3-12(14)4-6-13/h3-6,10-11,15H,7-9H2,1-2H3. The summed E-state index contributed by atoms with van der Waals surface area (Å²) in [5, 5.41) is 3.55. The number of benzene rings is 1. The van der Waals surface area contributed by atoms with Gasteiger partial charge in [-0.3, -0.25) is 0 Å². The zero-order chi connectivity index (χ0) is 11.5. The minimum Gasteiger partial charge on any atom is -0.367 e. The molecule has 0 radical (unpaired) electrons. The third-order valence-electron chi connectivity index (χ3n) is 3.26. The fourth-order valence-electron chi connectivity index (χ4n) is 2.15. The van der Waals surface area contributed by atoms with Gasteiger partial charge in [-0.25, -0.2) is 0 Å². The van der Waals surface area contributed by atoms with E-state index in [4.69, 9.17) is 0 Å². The average Bonchev–Trinajstić information content (AvgIpc) is 2.44. The number of nitrogens with one attached hydrogen (secondary N) is 1. The highest BCUT2D eigenvalue weighted by Crippen LogP contribution is 2.22. The number of halogens is 1. The SMILES string of the molecule is CC1CCN(c2ccc(Br)cc2)C(C)CN1. The molecule has 1 aliphatic heterocycles. The summed E-state index contributed by atoms with van der Waals surface area (Å²) in [7, 11) is 0. The van der Waals surface area contributed by atoms with Crippen molar-refractivity contribution in [1.29, 1.82) is 0 Å². The number of nitrogens with zero attached hydrogens (tertiary/aromatic N) is 1. The Labute approximate surface area is 106 Å². The summed E-state index contributed by atoms with van der Waals surface area (Å²) in [6.07, 6.45) is 1.21. The van der Waals surface area contributed by atoms with E-state index in [1.807, 2.05) is 0 Å². The Kier molecular flexibility index (Phi) is 3.87. The Bertz CT molecular complexity index is 336. The fourth-order valence-corrected chi connectivity index (χ4v) is 2.42. The van der Waals surface area contributed by atoms with Crippen LogP contribution in [0.15, 0.2) is 28.7 Å². The van der Waals surface area contributed by atoms with Gasteiger partial charge in [0.2, 0.25) is 0 Å². The molecule has 2 nitrogen and oxygen atoms in total. The second-order valence-electron chi connectivity index (χ2n) is 4.62. The minimum absolute atomic E-state index is 0.561. The van der Waals surface area contributed by atoms with Gasteiger partial charge in [-0.2, -0.15) is 0 Å². The van der Waals surface area contributed by atoms with Gasteiger partial charge in [-0.1, -0.05) is 15.9 Å². The van der Waals surface area contributed by atoms with E-state index in [1.54, 1.807) is 0 Å². The Morgan fingerprint density at radius 3 is 2.62 bits per heavy atom. The first-order valence-electron chi connectivity index (χ1n) is 5.92. The zero-order valence-corrected chi connectivity index (χ0v) is 11.5. The van der Waals surface area contributed by atoms with Crippen molar-refractivity contribution in [3.8, 4) is 0 Å². The summed E-state index contributed by atoms with van der Waals surface area (Å²) in [6.45, 7) is 6.75. The van der Waals surface area contributed by atoms with Gasteiger partial charge in [0.25, 0.3) is 0 Å². The molecule has 0 bridgehead atoms. The average molecular weight is 283 g/mol. The molecule has 0 amide bonds. The van der Waals surface area contributed by atoms with E-state index >= 15 is 0 Å². The molecule has 1 aromatic rings. The van der Waals surface area contributed by atoms with Crippen LogP contribution in [0.3, 0.4) is 0 Å². The second-order valence-corrected chi connectivity index (χ2v) is 5.53. The lowest BCUT2D eigenvalue weighted by Crippen LogP contribution is -2.37. The number of anilines is 1. The molecule has 1 aromatic carbocycles. The largest absolute Gasteiger partial charge is 0.367 e. The van der Waals surface area contributed by atoms with Gasteiger partial charge in [0.05, 0.1) is 0 Å². The summed E-state index contributed by atoms with van der Waals surface area (Å²) >= 11 is 3.48. The predicted molar refractivity (Wildman–Crippen MR) is 73.0 cm³/mol. The van der Waals surface area contributed by atoms with Crippen molar-refractivity contribution >= 4 is 21.6 Å². The van der Waals surface area contributed by atoms with Crippen LogP contribution in [0, 0.1) is 0 Å². The van der Waals surface area contributed by atoms with Crippen LogP contribution in [0.25, 0.3) is 0 Å². The predicted octanol–water partition coefficient (Wildman–Crippen LogP) is 3.03. The molecule has 0 aromatic heterocycles. The first kappa shape index (κ1) is 11.9. The smallest absolute Gasteiger partial charge is 0.0386 e. The van der Waals surface area contributed by atoms with Crippen molar-refractivity contribution in [3.05, 3.63) is 28.7 Å². The molecule has 0 saturated carbocycles. The minimum atomic E-state index is 0.561. The summed E-state index contributed by atoms with van der Waals surface area (Å²) in [6, 6.07) is 9.80. The van der Waals surface area contributed by atoms with Crippen molar-refractivity contribution in [1.82, 2.24) is 5.32 Å². The van der Waals surface area contributed by atoms with Gasteiger partial charge < -0.3 is 10.2 Å². The summed E-state index contributed by atoms with van der Waals surface area (Å²) in [5.74, 6) is 0. The number of hydrogen-bond acceptors (Lipinski definition) is 2. The van der Waals surface area contributed by atoms with Crippen molar-refractivity contribution in [2.24, 2.45) is 0 Å². The van der Waals surface area contributed by atoms with Crippen molar-refractivity contribution in [3.63, 3.8) is 0 Å². The van der Waals surface area contributed by atoms with E-state index in [1.165, 1.54) is 12.1 Å². The van der Waals surface area contributed by atoms with Crippen molar-refractivity contribution in [2.75, 3.05) is 18.0 Å². The third-order valence-corrected chi connectivity index (χ3v) is 3.78. The van der Waals surface area contributed by atoms with Crippen molar-refractivity contribution in [2.45, 2.75) is 32.4 Å². The van der Waals surface area contributed by atoms with E-state index in [0.717, 1.165) is 17.6 Å². The van der Waals surface area contributed by atoms with Crippen LogP contribution in [-0.2, 0) is 0 Å². The molecular formula is C13H19BrN2. The van der Waals surface area contributed by atoms with Crippen LogP contribution < -0.4 is 10.2 Å². The van der Waals surface area contributed by atoms with Crippen LogP contribution >= 0.6 is 15.9 Å². The Morgan fingerprint density at radius 1 is 1.25 bits per heavy atom. The third kappa shape index (κ3) is 2.77. The molecular weight excluding hydrogens is 264 g/mol. The Balaban J connectivity index is 2.15. The molecule has 3 heteroatoms. The molecule has 16 heavy (non-hydrogen) atoms. The molecule has 1 fully saturated rings. The molecule has 1 aliphatic rings. The lowest BCUT2D eigenvalue weighted by Gasteiger charge is -2.29. The highest BCUT2D eigenvalue weighted by atomic mass is 79.9. The van der Waals surface area contributed by atoms with E-state index in [0.29, 0.717) is 12.1 Å². The van der Waals surface area contributed by atoms with Gasteiger partial charge in [-0.15, -0.1) is 0 Å².